The van der Waals surface area contributed by atoms with E-state index in [4.69, 9.17) is 23.7 Å². The Hall–Kier alpha value is -0.720. The molecule has 0 bridgehead atoms. The van der Waals surface area contributed by atoms with Crippen molar-refractivity contribution in [3.8, 4) is 0 Å². The first kappa shape index (κ1) is 48.3. The van der Waals surface area contributed by atoms with Crippen LogP contribution >= 0.6 is 0 Å². The summed E-state index contributed by atoms with van der Waals surface area (Å²) in [6.07, 6.45) is 47.0. The number of hydrogen-bond donors (Lipinski definition) is 0. The van der Waals surface area contributed by atoms with Crippen LogP contribution in [0, 0.1) is 0 Å². The van der Waals surface area contributed by atoms with E-state index >= 15 is 0 Å². The van der Waals surface area contributed by atoms with Gasteiger partial charge in [-0.1, -0.05) is 154 Å². The second kappa shape index (κ2) is 47.3. The van der Waals surface area contributed by atoms with E-state index in [2.05, 4.69) is 38.2 Å². The molecule has 0 aromatic carbocycles. The van der Waals surface area contributed by atoms with Gasteiger partial charge in [-0.05, 0) is 64.2 Å². The summed E-state index contributed by atoms with van der Waals surface area (Å²) in [5.74, 6) is 0. The molecule has 0 fully saturated rings. The monoisotopic (exact) mass is 695 g/mol. The third-order valence-corrected chi connectivity index (χ3v) is 9.09. The predicted molar refractivity (Wildman–Crippen MR) is 213 cm³/mol. The Morgan fingerprint density at radius 3 is 0.694 bits per heavy atom. The fraction of sp³-hybridized carbons (Fsp3) is 0.909. The fourth-order valence-corrected chi connectivity index (χ4v) is 5.88. The van der Waals surface area contributed by atoms with Gasteiger partial charge in [-0.15, -0.1) is 0 Å². The molecule has 49 heavy (non-hydrogen) atoms. The van der Waals surface area contributed by atoms with Gasteiger partial charge in [0.15, 0.2) is 0 Å². The van der Waals surface area contributed by atoms with Crippen molar-refractivity contribution in [2.75, 3.05) is 66.1 Å². The summed E-state index contributed by atoms with van der Waals surface area (Å²) in [5.41, 5.74) is 0. The summed E-state index contributed by atoms with van der Waals surface area (Å²) in [6, 6.07) is 0. The number of hydrogen-bond acceptors (Lipinski definition) is 5. The van der Waals surface area contributed by atoms with E-state index in [-0.39, 0.29) is 0 Å². The number of allylic oxidation sites excluding steroid dienone is 4. The molecule has 0 aliphatic heterocycles. The summed E-state index contributed by atoms with van der Waals surface area (Å²) >= 11 is 0. The third-order valence-electron chi connectivity index (χ3n) is 9.09. The van der Waals surface area contributed by atoms with E-state index in [0.717, 1.165) is 26.1 Å². The van der Waals surface area contributed by atoms with Crippen LogP contribution in [-0.2, 0) is 23.7 Å². The normalized spacial score (nSPS) is 12.0. The Morgan fingerprint density at radius 1 is 0.224 bits per heavy atom. The average Bonchev–Trinajstić information content (AvgIpc) is 3.11. The smallest absolute Gasteiger partial charge is 0.0701 e. The first-order valence-corrected chi connectivity index (χ1v) is 21.6. The van der Waals surface area contributed by atoms with Crippen LogP contribution in [0.3, 0.4) is 0 Å². The lowest BCUT2D eigenvalue weighted by Crippen LogP contribution is -2.13. The first-order valence-electron chi connectivity index (χ1n) is 21.6. The molecule has 0 aromatic heterocycles. The maximum atomic E-state index is 5.70. The van der Waals surface area contributed by atoms with Crippen molar-refractivity contribution in [3.63, 3.8) is 0 Å². The molecule has 0 radical (unpaired) electrons. The minimum absolute atomic E-state index is 0.602. The van der Waals surface area contributed by atoms with Crippen LogP contribution in [-0.4, -0.2) is 66.1 Å². The molecule has 0 atom stereocenters. The molecule has 0 aliphatic rings. The van der Waals surface area contributed by atoms with Crippen molar-refractivity contribution in [1.82, 2.24) is 0 Å². The number of rotatable bonds is 44. The molecule has 0 aromatic rings. The summed E-state index contributed by atoms with van der Waals surface area (Å²) in [7, 11) is 0. The molecular weight excluding hydrogens is 608 g/mol. The molecule has 0 spiro atoms. The molecule has 0 amide bonds. The van der Waals surface area contributed by atoms with E-state index < -0.39 is 0 Å². The molecule has 0 saturated heterocycles. The lowest BCUT2D eigenvalue weighted by molar-refractivity contribution is -0.0114. The highest BCUT2D eigenvalue weighted by atomic mass is 16.6. The molecule has 0 aliphatic carbocycles. The van der Waals surface area contributed by atoms with E-state index in [1.807, 2.05) is 0 Å². The van der Waals surface area contributed by atoms with Crippen LogP contribution in [0.25, 0.3) is 0 Å². The van der Waals surface area contributed by atoms with E-state index in [9.17, 15) is 0 Å². The molecule has 0 saturated carbocycles. The van der Waals surface area contributed by atoms with Gasteiger partial charge in [0, 0.05) is 13.2 Å². The largest absolute Gasteiger partial charge is 0.379 e. The first-order chi connectivity index (χ1) is 24.4. The topological polar surface area (TPSA) is 46.2 Å². The van der Waals surface area contributed by atoms with Gasteiger partial charge in [0.25, 0.3) is 0 Å². The molecule has 292 valence electrons. The van der Waals surface area contributed by atoms with Crippen molar-refractivity contribution in [3.05, 3.63) is 24.3 Å². The summed E-state index contributed by atoms with van der Waals surface area (Å²) in [6.45, 7) is 11.3. The van der Waals surface area contributed by atoms with Crippen LogP contribution in [0.4, 0.5) is 0 Å². The highest BCUT2D eigenvalue weighted by Crippen LogP contribution is 2.11. The van der Waals surface area contributed by atoms with Gasteiger partial charge < -0.3 is 23.7 Å². The van der Waals surface area contributed by atoms with E-state index in [1.54, 1.807) is 0 Å². The van der Waals surface area contributed by atoms with Gasteiger partial charge in [-0.3, -0.25) is 0 Å². The minimum atomic E-state index is 0.602. The maximum Gasteiger partial charge on any atom is 0.0701 e. The van der Waals surface area contributed by atoms with Crippen LogP contribution < -0.4 is 0 Å². The second-order valence-corrected chi connectivity index (χ2v) is 13.9. The lowest BCUT2D eigenvalue weighted by atomic mass is 10.1. The van der Waals surface area contributed by atoms with Gasteiger partial charge in [0.2, 0.25) is 0 Å². The van der Waals surface area contributed by atoms with Crippen LogP contribution in [0.15, 0.2) is 24.3 Å². The van der Waals surface area contributed by atoms with Crippen molar-refractivity contribution in [2.24, 2.45) is 0 Å². The Kier molecular flexibility index (Phi) is 46.6. The number of ether oxygens (including phenoxy) is 5. The predicted octanol–water partition coefficient (Wildman–Crippen LogP) is 13.1. The van der Waals surface area contributed by atoms with Crippen LogP contribution in [0.5, 0.6) is 0 Å². The zero-order valence-electron chi connectivity index (χ0n) is 33.2. The Bertz CT molecular complexity index is 570. The fourth-order valence-electron chi connectivity index (χ4n) is 5.88. The zero-order valence-corrected chi connectivity index (χ0v) is 33.2. The summed E-state index contributed by atoms with van der Waals surface area (Å²) < 4.78 is 28.2. The molecule has 0 rings (SSSR count). The molecule has 0 unspecified atom stereocenters. The summed E-state index contributed by atoms with van der Waals surface area (Å²) in [5, 5.41) is 0. The third kappa shape index (κ3) is 47.3. The summed E-state index contributed by atoms with van der Waals surface area (Å²) in [4.78, 5) is 0. The van der Waals surface area contributed by atoms with E-state index in [1.165, 1.54) is 167 Å². The van der Waals surface area contributed by atoms with Crippen molar-refractivity contribution >= 4 is 0 Å². The second-order valence-electron chi connectivity index (χ2n) is 13.9. The van der Waals surface area contributed by atoms with Crippen LogP contribution in [0.1, 0.15) is 194 Å². The SMILES string of the molecule is CCCCCCCC/C=C\CCCCCCCCOCCOCCOCCOCCOCCCCCCCC/C=C\CCCCCCCC. The molecule has 5 heteroatoms. The molecular formula is C44H86O5. The molecule has 0 heterocycles. The van der Waals surface area contributed by atoms with Gasteiger partial charge in [0.1, 0.15) is 0 Å². The highest BCUT2D eigenvalue weighted by Gasteiger charge is 1.96. The Morgan fingerprint density at radius 2 is 0.429 bits per heavy atom. The van der Waals surface area contributed by atoms with Crippen molar-refractivity contribution < 1.29 is 23.7 Å². The highest BCUT2D eigenvalue weighted by molar-refractivity contribution is 4.82. The van der Waals surface area contributed by atoms with Gasteiger partial charge in [-0.2, -0.15) is 0 Å². The van der Waals surface area contributed by atoms with Crippen molar-refractivity contribution in [2.45, 2.75) is 194 Å². The zero-order chi connectivity index (χ0) is 35.2. The lowest BCUT2D eigenvalue weighted by Gasteiger charge is -2.08. The molecule has 5 nitrogen and oxygen atoms in total. The van der Waals surface area contributed by atoms with Gasteiger partial charge in [0.05, 0.1) is 52.9 Å². The van der Waals surface area contributed by atoms with Crippen LogP contribution in [0.2, 0.25) is 0 Å². The number of unbranched alkanes of at least 4 members (excludes halogenated alkanes) is 24. The Balaban J connectivity index is 3.09. The van der Waals surface area contributed by atoms with E-state index in [0.29, 0.717) is 52.9 Å². The van der Waals surface area contributed by atoms with Gasteiger partial charge in [-0.25, -0.2) is 0 Å². The standard InChI is InChI=1S/C44H86O5/c1-3-5-7-9-11-13-15-17-19-21-23-25-27-29-31-33-35-45-37-39-47-41-43-49-44-42-48-40-38-46-36-34-32-30-28-26-24-22-20-18-16-14-12-10-8-6-4-2/h17-20H,3-16,21-44H2,1-2H3/b19-17-,20-18-. The van der Waals surface area contributed by atoms with Gasteiger partial charge >= 0.3 is 0 Å². The average molecular weight is 695 g/mol. The maximum absolute atomic E-state index is 5.70. The Labute approximate surface area is 307 Å². The quantitative estimate of drug-likeness (QED) is 0.0469. The molecule has 0 N–H and O–H groups in total. The minimum Gasteiger partial charge on any atom is -0.379 e. The van der Waals surface area contributed by atoms with Crippen molar-refractivity contribution in [1.29, 1.82) is 0 Å².